The van der Waals surface area contributed by atoms with Crippen molar-refractivity contribution in [2.24, 2.45) is 5.92 Å². The summed E-state index contributed by atoms with van der Waals surface area (Å²) in [6.07, 6.45) is 11.5. The highest BCUT2D eigenvalue weighted by molar-refractivity contribution is 4.62. The van der Waals surface area contributed by atoms with E-state index in [2.05, 4.69) is 25.5 Å². The van der Waals surface area contributed by atoms with Gasteiger partial charge in [0.1, 0.15) is 0 Å². The van der Waals surface area contributed by atoms with Gasteiger partial charge in [0.2, 0.25) is 0 Å². The van der Waals surface area contributed by atoms with Crippen LogP contribution in [0.15, 0.2) is 0 Å². The predicted octanol–water partition coefficient (Wildman–Crippen LogP) is 5.05. The Hall–Kier alpha value is -0.0400. The molecule has 15 heavy (non-hydrogen) atoms. The monoisotopic (exact) mass is 216 g/mol. The fraction of sp³-hybridized carbons (Fsp3) is 1.00. The summed E-state index contributed by atoms with van der Waals surface area (Å²) >= 11 is 0. The van der Waals surface area contributed by atoms with E-state index in [4.69, 9.17) is 0 Å². The molecule has 1 nitrogen and oxygen atoms in total. The molecule has 1 fully saturated rings. The fourth-order valence-electron chi connectivity index (χ4n) is 1.29. The van der Waals surface area contributed by atoms with Crippen LogP contribution in [-0.4, -0.2) is 14.2 Å². The zero-order valence-corrected chi connectivity index (χ0v) is 11.6. The molecule has 1 rings (SSSR count). The number of ether oxygens (including phenoxy) is 1. The van der Waals surface area contributed by atoms with Crippen molar-refractivity contribution in [1.29, 1.82) is 0 Å². The van der Waals surface area contributed by atoms with Gasteiger partial charge in [-0.3, -0.25) is 0 Å². The summed E-state index contributed by atoms with van der Waals surface area (Å²) in [7, 11) is 3.25. The third-order valence-corrected chi connectivity index (χ3v) is 2.60. The molecular weight excluding hydrogens is 184 g/mol. The molecule has 0 aromatic carbocycles. The molecule has 0 spiro atoms. The van der Waals surface area contributed by atoms with E-state index in [1.165, 1.54) is 51.4 Å². The third kappa shape index (κ3) is 20.1. The summed E-state index contributed by atoms with van der Waals surface area (Å²) in [6, 6.07) is 0. The number of unbranched alkanes of at least 4 members (excludes halogenated alkanes) is 4. The second-order valence-electron chi connectivity index (χ2n) is 4.50. The van der Waals surface area contributed by atoms with Crippen molar-refractivity contribution in [2.75, 3.05) is 14.2 Å². The molecule has 0 unspecified atom stereocenters. The minimum Gasteiger partial charge on any atom is -0.388 e. The smallest absolute Gasteiger partial charge is 0.0351 e. The van der Waals surface area contributed by atoms with Crippen LogP contribution in [0.3, 0.4) is 0 Å². The highest BCUT2D eigenvalue weighted by Gasteiger charge is 2.09. The third-order valence-electron chi connectivity index (χ3n) is 2.60. The molecule has 0 aromatic heterocycles. The zero-order chi connectivity index (χ0) is 11.9. The predicted molar refractivity (Wildman–Crippen MR) is 70.4 cm³/mol. The Kier molecular flexibility index (Phi) is 19.0. The highest BCUT2D eigenvalue weighted by Crippen LogP contribution is 2.24. The van der Waals surface area contributed by atoms with Gasteiger partial charge >= 0.3 is 0 Å². The van der Waals surface area contributed by atoms with Gasteiger partial charge in [0.15, 0.2) is 0 Å². The maximum absolute atomic E-state index is 4.25. The van der Waals surface area contributed by atoms with Crippen LogP contribution in [0.2, 0.25) is 0 Å². The first kappa shape index (κ1) is 17.4. The van der Waals surface area contributed by atoms with Crippen LogP contribution in [0.5, 0.6) is 0 Å². The Morgan fingerprint density at radius 2 is 1.27 bits per heavy atom. The largest absolute Gasteiger partial charge is 0.388 e. The van der Waals surface area contributed by atoms with E-state index in [1.807, 2.05) is 0 Å². The Morgan fingerprint density at radius 1 is 0.933 bits per heavy atom. The summed E-state index contributed by atoms with van der Waals surface area (Å²) in [6.45, 7) is 6.80. The summed E-state index contributed by atoms with van der Waals surface area (Å²) in [5, 5.41) is 0. The number of hydrogen-bond donors (Lipinski definition) is 0. The summed E-state index contributed by atoms with van der Waals surface area (Å²) < 4.78 is 4.25. The van der Waals surface area contributed by atoms with Crippen molar-refractivity contribution in [3.05, 3.63) is 0 Å². The molecule has 0 radical (unpaired) electrons. The fourth-order valence-corrected chi connectivity index (χ4v) is 1.29. The lowest BCUT2D eigenvalue weighted by Gasteiger charge is -2.18. The van der Waals surface area contributed by atoms with Crippen molar-refractivity contribution in [3.8, 4) is 0 Å². The molecule has 0 amide bonds. The van der Waals surface area contributed by atoms with Crippen LogP contribution in [0.1, 0.15) is 72.1 Å². The summed E-state index contributed by atoms with van der Waals surface area (Å²) in [4.78, 5) is 0. The lowest BCUT2D eigenvalue weighted by atomic mass is 9.88. The van der Waals surface area contributed by atoms with Crippen LogP contribution in [-0.2, 0) is 4.74 Å². The second kappa shape index (κ2) is 16.4. The van der Waals surface area contributed by atoms with Gasteiger partial charge in [0.05, 0.1) is 0 Å². The van der Waals surface area contributed by atoms with Gasteiger partial charge in [-0.1, -0.05) is 72.1 Å². The van der Waals surface area contributed by atoms with Gasteiger partial charge in [-0.05, 0) is 5.92 Å². The minimum absolute atomic E-state index is 1.06. The first-order valence-corrected chi connectivity index (χ1v) is 6.62. The van der Waals surface area contributed by atoms with E-state index in [0.717, 1.165) is 5.92 Å². The molecule has 0 N–H and O–H groups in total. The van der Waals surface area contributed by atoms with Gasteiger partial charge in [0.25, 0.3) is 0 Å². The number of methoxy groups -OCH3 is 1. The van der Waals surface area contributed by atoms with Crippen LogP contribution in [0.25, 0.3) is 0 Å². The van der Waals surface area contributed by atoms with Gasteiger partial charge in [-0.15, -0.1) is 0 Å². The average Bonchev–Trinajstić information content (AvgIpc) is 2.18. The Balaban J connectivity index is 0. The van der Waals surface area contributed by atoms with Crippen LogP contribution < -0.4 is 0 Å². The molecule has 0 bridgehead atoms. The zero-order valence-electron chi connectivity index (χ0n) is 11.6. The van der Waals surface area contributed by atoms with Crippen LogP contribution in [0, 0.1) is 5.92 Å². The molecule has 0 aromatic rings. The van der Waals surface area contributed by atoms with Crippen molar-refractivity contribution < 1.29 is 4.74 Å². The van der Waals surface area contributed by atoms with E-state index in [-0.39, 0.29) is 0 Å². The highest BCUT2D eigenvalue weighted by atomic mass is 16.4. The molecule has 1 saturated carbocycles. The maximum Gasteiger partial charge on any atom is 0.0351 e. The van der Waals surface area contributed by atoms with Crippen molar-refractivity contribution >= 4 is 0 Å². The van der Waals surface area contributed by atoms with Gasteiger partial charge < -0.3 is 4.74 Å². The van der Waals surface area contributed by atoms with Gasteiger partial charge in [0, 0.05) is 14.2 Å². The van der Waals surface area contributed by atoms with Crippen LogP contribution in [0.4, 0.5) is 0 Å². The summed E-state index contributed by atoms with van der Waals surface area (Å²) in [5.41, 5.74) is 0. The summed E-state index contributed by atoms with van der Waals surface area (Å²) in [5.74, 6) is 1.06. The van der Waals surface area contributed by atoms with E-state index in [0.29, 0.717) is 0 Å². The minimum atomic E-state index is 1.06. The standard InChI is InChI=1S/C7H16.C5H10.C2H6O/c1-3-5-7-6-4-2;1-5-3-2-4-5;1-3-2/h3-7H2,1-2H3;5H,2-4H2,1H3;1-2H3. The van der Waals surface area contributed by atoms with Crippen molar-refractivity contribution in [2.45, 2.75) is 72.1 Å². The Bertz CT molecular complexity index is 83.3. The Labute approximate surface area is 97.6 Å². The van der Waals surface area contributed by atoms with E-state index in [1.54, 1.807) is 14.2 Å². The molecular formula is C14H32O. The molecule has 1 heteroatoms. The lowest BCUT2D eigenvalue weighted by molar-refractivity contribution is 0.277. The molecule has 0 atom stereocenters. The topological polar surface area (TPSA) is 9.23 Å². The average molecular weight is 216 g/mol. The first-order valence-electron chi connectivity index (χ1n) is 6.62. The van der Waals surface area contributed by atoms with E-state index < -0.39 is 0 Å². The molecule has 1 aliphatic carbocycles. The normalized spacial score (nSPS) is 14.2. The van der Waals surface area contributed by atoms with Crippen molar-refractivity contribution in [1.82, 2.24) is 0 Å². The number of rotatable bonds is 4. The molecule has 1 aliphatic rings. The van der Waals surface area contributed by atoms with Gasteiger partial charge in [-0.25, -0.2) is 0 Å². The molecule has 0 saturated heterocycles. The molecule has 94 valence electrons. The quantitative estimate of drug-likeness (QED) is 0.598. The number of hydrogen-bond acceptors (Lipinski definition) is 1. The Morgan fingerprint density at radius 3 is 1.40 bits per heavy atom. The molecule has 0 aliphatic heterocycles. The van der Waals surface area contributed by atoms with Gasteiger partial charge in [-0.2, -0.15) is 0 Å². The van der Waals surface area contributed by atoms with E-state index in [9.17, 15) is 0 Å². The second-order valence-corrected chi connectivity index (χ2v) is 4.50. The lowest BCUT2D eigenvalue weighted by Crippen LogP contribution is -2.04. The first-order chi connectivity index (χ1) is 7.22. The molecule has 0 heterocycles. The van der Waals surface area contributed by atoms with Crippen molar-refractivity contribution in [3.63, 3.8) is 0 Å². The maximum atomic E-state index is 4.25. The van der Waals surface area contributed by atoms with Crippen LogP contribution >= 0.6 is 0 Å². The van der Waals surface area contributed by atoms with E-state index >= 15 is 0 Å². The SMILES string of the molecule is CC1CCC1.CCCCCCC.COC.